The van der Waals surface area contributed by atoms with Crippen molar-refractivity contribution in [2.45, 2.75) is 37.8 Å². The molecule has 1 aliphatic carbocycles. The van der Waals surface area contributed by atoms with Crippen molar-refractivity contribution in [1.82, 2.24) is 5.32 Å². The van der Waals surface area contributed by atoms with Gasteiger partial charge >= 0.3 is 6.03 Å². The minimum atomic E-state index is -0.0102. The number of nitrogens with one attached hydrogen (secondary N) is 2. The van der Waals surface area contributed by atoms with E-state index in [-0.39, 0.29) is 6.03 Å². The molecule has 2 aliphatic rings. The number of hydrogen-bond donors (Lipinski definition) is 3. The fraction of sp³-hybridized carbons (Fsp3) is 0.533. The molecule has 2 fully saturated rings. The highest BCUT2D eigenvalue weighted by Gasteiger charge is 2.21. The van der Waals surface area contributed by atoms with Crippen LogP contribution in [-0.4, -0.2) is 31.2 Å². The maximum absolute atomic E-state index is 11.6. The van der Waals surface area contributed by atoms with Gasteiger partial charge in [-0.3, -0.25) is 4.90 Å². The molecular weight excluding hydrogens is 252 g/mol. The van der Waals surface area contributed by atoms with Crippen LogP contribution in [0.3, 0.4) is 0 Å². The molecule has 0 spiro atoms. The van der Waals surface area contributed by atoms with Gasteiger partial charge in [-0.1, -0.05) is 0 Å². The zero-order valence-corrected chi connectivity index (χ0v) is 11.6. The molecule has 0 radical (unpaired) electrons. The third-order valence-corrected chi connectivity index (χ3v) is 4.12. The van der Waals surface area contributed by atoms with Crippen molar-refractivity contribution in [3.8, 4) is 0 Å². The van der Waals surface area contributed by atoms with Crippen molar-refractivity contribution in [2.24, 2.45) is 5.73 Å². The summed E-state index contributed by atoms with van der Waals surface area (Å²) in [7, 11) is 0. The Morgan fingerprint density at radius 1 is 1.25 bits per heavy atom. The summed E-state index contributed by atoms with van der Waals surface area (Å²) in [6.07, 6.45) is 4.56. The van der Waals surface area contributed by atoms with Crippen molar-refractivity contribution >= 4 is 17.4 Å². The SMILES string of the molecule is NC1CCCC(Nc2ccc(N3CCNC3=O)cc2)C1. The molecule has 1 heterocycles. The largest absolute Gasteiger partial charge is 0.382 e. The quantitative estimate of drug-likeness (QED) is 0.788. The molecule has 2 unspecified atom stereocenters. The van der Waals surface area contributed by atoms with Gasteiger partial charge in [0.05, 0.1) is 0 Å². The van der Waals surface area contributed by atoms with Gasteiger partial charge in [0, 0.05) is 36.5 Å². The minimum Gasteiger partial charge on any atom is -0.382 e. The van der Waals surface area contributed by atoms with E-state index in [1.165, 1.54) is 12.8 Å². The van der Waals surface area contributed by atoms with E-state index in [1.807, 2.05) is 24.3 Å². The molecule has 0 bridgehead atoms. The van der Waals surface area contributed by atoms with Crippen LogP contribution in [0.4, 0.5) is 16.2 Å². The Morgan fingerprint density at radius 3 is 2.70 bits per heavy atom. The first-order valence-electron chi connectivity index (χ1n) is 7.40. The number of amides is 2. The summed E-state index contributed by atoms with van der Waals surface area (Å²) in [5.74, 6) is 0. The van der Waals surface area contributed by atoms with Crippen LogP contribution in [0.25, 0.3) is 0 Å². The van der Waals surface area contributed by atoms with Crippen LogP contribution in [0.1, 0.15) is 25.7 Å². The summed E-state index contributed by atoms with van der Waals surface area (Å²) < 4.78 is 0. The molecule has 1 aromatic carbocycles. The van der Waals surface area contributed by atoms with Gasteiger partial charge in [0.1, 0.15) is 0 Å². The van der Waals surface area contributed by atoms with Crippen LogP contribution < -0.4 is 21.3 Å². The number of carbonyl (C=O) groups excluding carboxylic acids is 1. The van der Waals surface area contributed by atoms with Gasteiger partial charge in [0.15, 0.2) is 0 Å². The number of anilines is 2. The molecule has 1 aliphatic heterocycles. The molecule has 2 atom stereocenters. The first-order chi connectivity index (χ1) is 9.72. The van der Waals surface area contributed by atoms with Crippen LogP contribution >= 0.6 is 0 Å². The van der Waals surface area contributed by atoms with Crippen LogP contribution in [0.2, 0.25) is 0 Å². The summed E-state index contributed by atoms with van der Waals surface area (Å²) in [5.41, 5.74) is 8.06. The van der Waals surface area contributed by atoms with Crippen LogP contribution in [-0.2, 0) is 0 Å². The molecule has 5 heteroatoms. The Bertz CT molecular complexity index is 473. The Balaban J connectivity index is 1.62. The zero-order valence-electron chi connectivity index (χ0n) is 11.6. The summed E-state index contributed by atoms with van der Waals surface area (Å²) in [4.78, 5) is 13.4. The van der Waals surface area contributed by atoms with Gasteiger partial charge in [-0.2, -0.15) is 0 Å². The second-order valence-corrected chi connectivity index (χ2v) is 5.70. The van der Waals surface area contributed by atoms with Gasteiger partial charge in [-0.15, -0.1) is 0 Å². The molecule has 1 saturated carbocycles. The van der Waals surface area contributed by atoms with E-state index < -0.39 is 0 Å². The molecule has 20 heavy (non-hydrogen) atoms. The smallest absolute Gasteiger partial charge is 0.321 e. The molecule has 5 nitrogen and oxygen atoms in total. The lowest BCUT2D eigenvalue weighted by atomic mass is 9.91. The van der Waals surface area contributed by atoms with Crippen LogP contribution in [0, 0.1) is 0 Å². The van der Waals surface area contributed by atoms with Crippen LogP contribution in [0.5, 0.6) is 0 Å². The number of rotatable bonds is 3. The standard InChI is InChI=1S/C15H22N4O/c16-11-2-1-3-13(10-11)18-12-4-6-14(7-5-12)19-9-8-17-15(19)20/h4-7,11,13,18H,1-3,8-10,16H2,(H,17,20). The monoisotopic (exact) mass is 274 g/mol. The van der Waals surface area contributed by atoms with E-state index in [1.54, 1.807) is 4.90 Å². The van der Waals surface area contributed by atoms with E-state index in [0.29, 0.717) is 12.1 Å². The van der Waals surface area contributed by atoms with Gasteiger partial charge in [-0.05, 0) is 49.9 Å². The predicted molar refractivity (Wildman–Crippen MR) is 81.0 cm³/mol. The lowest BCUT2D eigenvalue weighted by Crippen LogP contribution is -2.34. The predicted octanol–water partition coefficient (Wildman–Crippen LogP) is 1.90. The van der Waals surface area contributed by atoms with Gasteiger partial charge in [0.2, 0.25) is 0 Å². The molecule has 2 amide bonds. The third-order valence-electron chi connectivity index (χ3n) is 4.12. The Labute approximate surface area is 119 Å². The number of benzene rings is 1. The molecule has 108 valence electrons. The van der Waals surface area contributed by atoms with Gasteiger partial charge in [0.25, 0.3) is 0 Å². The molecule has 1 saturated heterocycles. The Morgan fingerprint density at radius 2 is 2.05 bits per heavy atom. The minimum absolute atomic E-state index is 0.0102. The number of hydrogen-bond acceptors (Lipinski definition) is 3. The van der Waals surface area contributed by atoms with Crippen molar-refractivity contribution in [3.05, 3.63) is 24.3 Å². The van der Waals surface area contributed by atoms with Crippen LogP contribution in [0.15, 0.2) is 24.3 Å². The molecule has 0 aromatic heterocycles. The number of nitrogens with two attached hydrogens (primary N) is 1. The van der Waals surface area contributed by atoms with Gasteiger partial charge in [-0.25, -0.2) is 4.79 Å². The first kappa shape index (κ1) is 13.2. The van der Waals surface area contributed by atoms with Crippen molar-refractivity contribution in [1.29, 1.82) is 0 Å². The highest BCUT2D eigenvalue weighted by atomic mass is 16.2. The maximum atomic E-state index is 11.6. The lowest BCUT2D eigenvalue weighted by molar-refractivity contribution is 0.252. The van der Waals surface area contributed by atoms with Crippen molar-refractivity contribution < 1.29 is 4.79 Å². The Kier molecular flexibility index (Phi) is 3.78. The van der Waals surface area contributed by atoms with E-state index in [9.17, 15) is 4.79 Å². The highest BCUT2D eigenvalue weighted by molar-refractivity contribution is 5.94. The van der Waals surface area contributed by atoms with E-state index in [0.717, 1.165) is 37.3 Å². The second-order valence-electron chi connectivity index (χ2n) is 5.70. The summed E-state index contributed by atoms with van der Waals surface area (Å²) in [5, 5.41) is 6.35. The van der Waals surface area contributed by atoms with E-state index >= 15 is 0 Å². The topological polar surface area (TPSA) is 70.4 Å². The number of urea groups is 1. The molecule has 3 rings (SSSR count). The first-order valence-corrected chi connectivity index (χ1v) is 7.40. The van der Waals surface area contributed by atoms with Crippen molar-refractivity contribution in [3.63, 3.8) is 0 Å². The normalized spacial score (nSPS) is 26.4. The zero-order chi connectivity index (χ0) is 13.9. The summed E-state index contributed by atoms with van der Waals surface area (Å²) in [6, 6.07) is 8.87. The average molecular weight is 274 g/mol. The van der Waals surface area contributed by atoms with Crippen molar-refractivity contribution in [2.75, 3.05) is 23.3 Å². The Hall–Kier alpha value is -1.75. The van der Waals surface area contributed by atoms with E-state index in [4.69, 9.17) is 5.73 Å². The molecule has 1 aromatic rings. The fourth-order valence-corrected chi connectivity index (χ4v) is 3.05. The highest BCUT2D eigenvalue weighted by Crippen LogP contribution is 2.23. The van der Waals surface area contributed by atoms with E-state index in [2.05, 4.69) is 10.6 Å². The summed E-state index contributed by atoms with van der Waals surface area (Å²) >= 11 is 0. The second kappa shape index (κ2) is 5.71. The average Bonchev–Trinajstić information content (AvgIpc) is 2.86. The number of nitrogens with zero attached hydrogens (tertiary/aromatic N) is 1. The fourth-order valence-electron chi connectivity index (χ4n) is 3.05. The van der Waals surface area contributed by atoms with Gasteiger partial charge < -0.3 is 16.4 Å². The lowest BCUT2D eigenvalue weighted by Gasteiger charge is -2.28. The summed E-state index contributed by atoms with van der Waals surface area (Å²) in [6.45, 7) is 1.46. The molecular formula is C15H22N4O. The maximum Gasteiger partial charge on any atom is 0.321 e. The molecule has 4 N–H and O–H groups in total. The third kappa shape index (κ3) is 2.88. The number of carbonyl (C=O) groups is 1.